The molecule has 3 heterocycles. The van der Waals surface area contributed by atoms with Crippen LogP contribution < -0.4 is 5.69 Å². The van der Waals surface area contributed by atoms with Crippen molar-refractivity contribution in [2.45, 2.75) is 39.3 Å². The van der Waals surface area contributed by atoms with Crippen molar-refractivity contribution in [3.8, 4) is 11.3 Å². The first-order valence-corrected chi connectivity index (χ1v) is 9.37. The van der Waals surface area contributed by atoms with Crippen molar-refractivity contribution < 1.29 is 4.74 Å². The molecule has 3 aromatic rings. The summed E-state index contributed by atoms with van der Waals surface area (Å²) in [5, 5.41) is 0. The lowest BCUT2D eigenvalue weighted by atomic mass is 9.99. The highest BCUT2D eigenvalue weighted by Gasteiger charge is 2.25. The molecule has 0 aliphatic carbocycles. The monoisotopic (exact) mass is 364 g/mol. The first-order valence-electron chi connectivity index (χ1n) is 9.37. The summed E-state index contributed by atoms with van der Waals surface area (Å²) in [7, 11) is 0. The van der Waals surface area contributed by atoms with Crippen molar-refractivity contribution in [2.75, 3.05) is 13.2 Å². The van der Waals surface area contributed by atoms with Crippen LogP contribution in [0.4, 0.5) is 0 Å². The lowest BCUT2D eigenvalue weighted by molar-refractivity contribution is 0.193. The van der Waals surface area contributed by atoms with Crippen LogP contribution in [-0.2, 0) is 17.8 Å². The van der Waals surface area contributed by atoms with Crippen LogP contribution in [0.5, 0.6) is 0 Å². The van der Waals surface area contributed by atoms with Gasteiger partial charge in [0.2, 0.25) is 0 Å². The predicted octanol–water partition coefficient (Wildman–Crippen LogP) is 2.93. The first kappa shape index (κ1) is 17.7. The third kappa shape index (κ3) is 3.57. The van der Waals surface area contributed by atoms with Gasteiger partial charge in [-0.3, -0.25) is 4.57 Å². The van der Waals surface area contributed by atoms with Crippen LogP contribution in [0, 0.1) is 13.8 Å². The molecule has 0 bridgehead atoms. The summed E-state index contributed by atoms with van der Waals surface area (Å²) in [6.07, 6.45) is 2.88. The Morgan fingerprint density at radius 3 is 2.70 bits per heavy atom. The summed E-state index contributed by atoms with van der Waals surface area (Å²) in [5.41, 5.74) is 4.82. The summed E-state index contributed by atoms with van der Waals surface area (Å²) >= 11 is 0. The zero-order valence-electron chi connectivity index (χ0n) is 15.8. The Morgan fingerprint density at radius 2 is 2.00 bits per heavy atom. The van der Waals surface area contributed by atoms with E-state index in [-0.39, 0.29) is 5.69 Å². The van der Waals surface area contributed by atoms with Crippen LogP contribution in [0.3, 0.4) is 0 Å². The van der Waals surface area contributed by atoms with Crippen molar-refractivity contribution in [3.05, 3.63) is 70.3 Å². The minimum Gasteiger partial charge on any atom is -0.381 e. The smallest absolute Gasteiger partial charge is 0.348 e. The predicted molar refractivity (Wildman–Crippen MR) is 104 cm³/mol. The summed E-state index contributed by atoms with van der Waals surface area (Å²) in [6.45, 7) is 6.55. The number of aryl methyl sites for hydroxylation is 3. The van der Waals surface area contributed by atoms with E-state index >= 15 is 0 Å². The molecular formula is C21H24N4O2. The number of benzene rings is 1. The molecule has 4 rings (SSSR count). The van der Waals surface area contributed by atoms with Crippen LogP contribution in [-0.4, -0.2) is 32.3 Å². The summed E-state index contributed by atoms with van der Waals surface area (Å²) in [6, 6.07) is 12.2. The molecule has 2 aromatic heterocycles. The molecule has 1 aliphatic heterocycles. The number of nitrogens with zero attached hydrogens (tertiary/aromatic N) is 4. The van der Waals surface area contributed by atoms with E-state index in [2.05, 4.69) is 21.7 Å². The number of aromatic nitrogens is 4. The second-order valence-electron chi connectivity index (χ2n) is 7.07. The number of hydrogen-bond acceptors (Lipinski definition) is 4. The molecule has 0 saturated carbocycles. The highest BCUT2D eigenvalue weighted by Crippen LogP contribution is 2.33. The van der Waals surface area contributed by atoms with E-state index in [1.165, 1.54) is 5.69 Å². The third-order valence-electron chi connectivity index (χ3n) is 5.15. The fraction of sp³-hybridized carbons (Fsp3) is 0.381. The zero-order valence-corrected chi connectivity index (χ0v) is 15.8. The standard InChI is InChI=1S/C21H24N4O2/c1-15-12-16(2)25(21(26)23-15)10-9-24-14-22-19(17-6-4-3-5-7-17)20(24)18-8-11-27-13-18/h3-7,12,14,18H,8-11,13H2,1-2H3/t18-/m1/s1. The number of hydrogen-bond donors (Lipinski definition) is 0. The number of rotatable bonds is 5. The molecule has 1 aliphatic rings. The van der Waals surface area contributed by atoms with Gasteiger partial charge in [0.05, 0.1) is 24.3 Å². The van der Waals surface area contributed by atoms with Gasteiger partial charge in [-0.2, -0.15) is 4.98 Å². The van der Waals surface area contributed by atoms with Crippen LogP contribution >= 0.6 is 0 Å². The Morgan fingerprint density at radius 1 is 1.19 bits per heavy atom. The topological polar surface area (TPSA) is 61.9 Å². The second kappa shape index (κ2) is 7.48. The summed E-state index contributed by atoms with van der Waals surface area (Å²) < 4.78 is 9.53. The molecule has 1 fully saturated rings. The maximum atomic E-state index is 12.3. The molecule has 0 amide bonds. The van der Waals surface area contributed by atoms with Gasteiger partial charge in [-0.25, -0.2) is 9.78 Å². The highest BCUT2D eigenvalue weighted by atomic mass is 16.5. The zero-order chi connectivity index (χ0) is 18.8. The van der Waals surface area contributed by atoms with E-state index in [4.69, 9.17) is 9.72 Å². The van der Waals surface area contributed by atoms with E-state index in [0.717, 1.165) is 42.3 Å². The number of ether oxygens (including phenoxy) is 1. The van der Waals surface area contributed by atoms with Crippen LogP contribution in [0.15, 0.2) is 47.5 Å². The molecular weight excluding hydrogens is 340 g/mol. The molecule has 140 valence electrons. The van der Waals surface area contributed by atoms with Crippen molar-refractivity contribution in [1.82, 2.24) is 19.1 Å². The van der Waals surface area contributed by atoms with Crippen LogP contribution in [0.1, 0.15) is 29.4 Å². The Labute approximate surface area is 158 Å². The lowest BCUT2D eigenvalue weighted by Crippen LogP contribution is -2.27. The molecule has 6 heteroatoms. The highest BCUT2D eigenvalue weighted by molar-refractivity contribution is 5.62. The van der Waals surface area contributed by atoms with Gasteiger partial charge in [-0.15, -0.1) is 0 Å². The quantitative estimate of drug-likeness (QED) is 0.698. The largest absolute Gasteiger partial charge is 0.381 e. The normalized spacial score (nSPS) is 16.7. The average molecular weight is 364 g/mol. The lowest BCUT2D eigenvalue weighted by Gasteiger charge is -2.16. The van der Waals surface area contributed by atoms with Gasteiger partial charge in [-0.1, -0.05) is 30.3 Å². The summed E-state index contributed by atoms with van der Waals surface area (Å²) in [4.78, 5) is 21.0. The van der Waals surface area contributed by atoms with E-state index in [1.807, 2.05) is 44.4 Å². The SMILES string of the molecule is Cc1cc(C)n(CCn2cnc(-c3ccccc3)c2[C@@H]2CCOC2)c(=O)n1. The van der Waals surface area contributed by atoms with E-state index in [9.17, 15) is 4.79 Å². The van der Waals surface area contributed by atoms with Gasteiger partial charge in [0.15, 0.2) is 0 Å². The molecule has 0 radical (unpaired) electrons. The maximum absolute atomic E-state index is 12.3. The third-order valence-corrected chi connectivity index (χ3v) is 5.15. The van der Waals surface area contributed by atoms with E-state index < -0.39 is 0 Å². The Bertz CT molecular complexity index is 985. The molecule has 27 heavy (non-hydrogen) atoms. The maximum Gasteiger partial charge on any atom is 0.348 e. The molecule has 1 aromatic carbocycles. The van der Waals surface area contributed by atoms with Crippen LogP contribution in [0.2, 0.25) is 0 Å². The number of imidazole rings is 1. The molecule has 1 saturated heterocycles. The minimum absolute atomic E-state index is 0.193. The van der Waals surface area contributed by atoms with Gasteiger partial charge in [-0.05, 0) is 26.3 Å². The van der Waals surface area contributed by atoms with Crippen molar-refractivity contribution in [1.29, 1.82) is 0 Å². The molecule has 1 atom stereocenters. The second-order valence-corrected chi connectivity index (χ2v) is 7.07. The Kier molecular flexibility index (Phi) is 4.90. The van der Waals surface area contributed by atoms with Gasteiger partial charge < -0.3 is 9.30 Å². The minimum atomic E-state index is -0.193. The molecule has 0 unspecified atom stereocenters. The molecule has 6 nitrogen and oxygen atoms in total. The van der Waals surface area contributed by atoms with Gasteiger partial charge in [0.1, 0.15) is 0 Å². The van der Waals surface area contributed by atoms with E-state index in [1.54, 1.807) is 4.57 Å². The fourth-order valence-corrected chi connectivity index (χ4v) is 3.82. The first-order chi connectivity index (χ1) is 13.1. The van der Waals surface area contributed by atoms with Crippen molar-refractivity contribution >= 4 is 0 Å². The fourth-order valence-electron chi connectivity index (χ4n) is 3.82. The van der Waals surface area contributed by atoms with Gasteiger partial charge in [0.25, 0.3) is 0 Å². The van der Waals surface area contributed by atoms with Gasteiger partial charge >= 0.3 is 5.69 Å². The average Bonchev–Trinajstić information content (AvgIpc) is 3.31. The van der Waals surface area contributed by atoms with Crippen LogP contribution in [0.25, 0.3) is 11.3 Å². The molecule has 0 N–H and O–H groups in total. The summed E-state index contributed by atoms with van der Waals surface area (Å²) in [5.74, 6) is 0.330. The molecule has 0 spiro atoms. The van der Waals surface area contributed by atoms with Gasteiger partial charge in [0, 0.05) is 42.6 Å². The van der Waals surface area contributed by atoms with Crippen molar-refractivity contribution in [2.24, 2.45) is 0 Å². The Balaban J connectivity index is 1.67. The van der Waals surface area contributed by atoms with E-state index in [0.29, 0.717) is 19.0 Å². The van der Waals surface area contributed by atoms with Crippen molar-refractivity contribution in [3.63, 3.8) is 0 Å². The Hall–Kier alpha value is -2.73.